The minimum atomic E-state index is 0.346. The van der Waals surface area contributed by atoms with E-state index < -0.39 is 0 Å². The van der Waals surface area contributed by atoms with E-state index in [1.807, 2.05) is 7.05 Å². The monoisotopic (exact) mass is 253 g/mol. The second kappa shape index (κ2) is 6.03. The molecule has 0 bridgehead atoms. The van der Waals surface area contributed by atoms with E-state index in [1.165, 1.54) is 33.9 Å². The first-order valence-corrected chi connectivity index (χ1v) is 7.10. The van der Waals surface area contributed by atoms with Gasteiger partial charge in [0.1, 0.15) is 0 Å². The molecule has 1 unspecified atom stereocenters. The number of aryl methyl sites for hydroxylation is 1. The molecule has 0 saturated heterocycles. The van der Waals surface area contributed by atoms with Crippen LogP contribution in [0.15, 0.2) is 36.4 Å². The Hall–Kier alpha value is -1.60. The van der Waals surface area contributed by atoms with E-state index in [0.717, 1.165) is 0 Å². The molecule has 100 valence electrons. The molecule has 0 radical (unpaired) electrons. The fourth-order valence-corrected chi connectivity index (χ4v) is 2.62. The highest BCUT2D eigenvalue weighted by Gasteiger charge is 2.17. The number of hydrogen-bond acceptors (Lipinski definition) is 1. The predicted octanol–water partition coefficient (Wildman–Crippen LogP) is 4.85. The zero-order chi connectivity index (χ0) is 13.8. The Morgan fingerprint density at radius 2 is 1.84 bits per heavy atom. The smallest absolute Gasteiger partial charge is 0.0516 e. The molecule has 0 aliphatic heterocycles. The maximum atomic E-state index is 3.36. The number of hydrogen-bond donors (Lipinski definition) is 1. The number of likely N-dealkylation sites (N-methyl/N-ethyl adjacent to an activating group) is 1. The summed E-state index contributed by atoms with van der Waals surface area (Å²) >= 11 is 0. The maximum Gasteiger partial charge on any atom is 0.0516 e. The second-order valence-electron chi connectivity index (χ2n) is 5.07. The first kappa shape index (κ1) is 13.8. The number of benzene rings is 2. The average molecular weight is 253 g/mol. The molecule has 19 heavy (non-hydrogen) atoms. The van der Waals surface area contributed by atoms with Crippen LogP contribution >= 0.6 is 0 Å². The molecule has 1 atom stereocenters. The van der Waals surface area contributed by atoms with Crippen molar-refractivity contribution in [3.8, 4) is 0 Å². The highest BCUT2D eigenvalue weighted by molar-refractivity contribution is 5.96. The topological polar surface area (TPSA) is 12.0 Å². The minimum Gasteiger partial charge on any atom is -0.310 e. The van der Waals surface area contributed by atoms with Gasteiger partial charge in [0.05, 0.1) is 6.04 Å². The number of rotatable bonds is 1. The highest BCUT2D eigenvalue weighted by atomic mass is 14.9. The van der Waals surface area contributed by atoms with Gasteiger partial charge in [0.2, 0.25) is 0 Å². The van der Waals surface area contributed by atoms with Crippen molar-refractivity contribution in [1.29, 1.82) is 0 Å². The van der Waals surface area contributed by atoms with Gasteiger partial charge in [-0.25, -0.2) is 0 Å². The van der Waals surface area contributed by atoms with E-state index in [4.69, 9.17) is 0 Å². The summed E-state index contributed by atoms with van der Waals surface area (Å²) in [6.07, 6.45) is 5.71. The molecule has 3 rings (SSSR count). The standard InChI is InChI=1S/C15H15N.C3H8/c1-10-6-7-11-4-3-5-12-8-9-13(16-2)14(10)15(11)12;1-3-2/h3-9,13,16H,1-2H3;3H2,1-2H3. The van der Waals surface area contributed by atoms with Crippen LogP contribution in [-0.4, -0.2) is 7.05 Å². The Bertz CT molecular complexity index is 596. The van der Waals surface area contributed by atoms with Gasteiger partial charge >= 0.3 is 0 Å². The quantitative estimate of drug-likeness (QED) is 0.766. The van der Waals surface area contributed by atoms with Gasteiger partial charge < -0.3 is 5.32 Å². The van der Waals surface area contributed by atoms with Crippen LogP contribution < -0.4 is 5.32 Å². The highest BCUT2D eigenvalue weighted by Crippen LogP contribution is 2.35. The maximum absolute atomic E-state index is 3.36. The van der Waals surface area contributed by atoms with Crippen molar-refractivity contribution < 1.29 is 0 Å². The van der Waals surface area contributed by atoms with Gasteiger partial charge in [-0.3, -0.25) is 0 Å². The average Bonchev–Trinajstić information content (AvgIpc) is 2.43. The molecule has 0 fully saturated rings. The molecular formula is C18H23N. The predicted molar refractivity (Wildman–Crippen MR) is 85.5 cm³/mol. The molecule has 0 saturated carbocycles. The summed E-state index contributed by atoms with van der Waals surface area (Å²) in [6, 6.07) is 11.3. The van der Waals surface area contributed by atoms with E-state index in [9.17, 15) is 0 Å². The molecular weight excluding hydrogens is 230 g/mol. The van der Waals surface area contributed by atoms with Gasteiger partial charge in [0, 0.05) is 0 Å². The van der Waals surface area contributed by atoms with E-state index in [2.05, 4.69) is 68.6 Å². The molecule has 1 nitrogen and oxygen atoms in total. The zero-order valence-electron chi connectivity index (χ0n) is 12.3. The van der Waals surface area contributed by atoms with Crippen molar-refractivity contribution in [2.75, 3.05) is 7.05 Å². The molecule has 0 amide bonds. The lowest BCUT2D eigenvalue weighted by molar-refractivity contribution is 0.716. The van der Waals surface area contributed by atoms with Crippen molar-refractivity contribution in [2.45, 2.75) is 33.2 Å². The van der Waals surface area contributed by atoms with Gasteiger partial charge in [-0.05, 0) is 41.4 Å². The van der Waals surface area contributed by atoms with Gasteiger partial charge in [0.25, 0.3) is 0 Å². The summed E-state index contributed by atoms with van der Waals surface area (Å²) < 4.78 is 0. The lowest BCUT2D eigenvalue weighted by Crippen LogP contribution is -2.17. The molecule has 1 N–H and O–H groups in total. The Morgan fingerprint density at radius 1 is 1.11 bits per heavy atom. The third-order valence-electron chi connectivity index (χ3n) is 3.43. The fourth-order valence-electron chi connectivity index (χ4n) is 2.62. The molecule has 2 aromatic carbocycles. The molecule has 2 aromatic rings. The zero-order valence-corrected chi connectivity index (χ0v) is 12.3. The van der Waals surface area contributed by atoms with Crippen LogP contribution in [0.3, 0.4) is 0 Å². The molecule has 1 aliphatic carbocycles. The van der Waals surface area contributed by atoms with E-state index in [-0.39, 0.29) is 0 Å². The van der Waals surface area contributed by atoms with Crippen molar-refractivity contribution in [3.05, 3.63) is 53.1 Å². The molecule has 0 heterocycles. The summed E-state index contributed by atoms with van der Waals surface area (Å²) in [5.74, 6) is 0. The van der Waals surface area contributed by atoms with Gasteiger partial charge in [-0.1, -0.05) is 62.8 Å². The molecule has 1 aliphatic rings. The fraction of sp³-hybridized carbons (Fsp3) is 0.333. The van der Waals surface area contributed by atoms with Gasteiger partial charge in [-0.2, -0.15) is 0 Å². The van der Waals surface area contributed by atoms with Crippen LogP contribution in [0.2, 0.25) is 0 Å². The Kier molecular flexibility index (Phi) is 4.39. The molecule has 0 spiro atoms. The lowest BCUT2D eigenvalue weighted by Gasteiger charge is -2.23. The number of nitrogens with one attached hydrogen (secondary N) is 1. The summed E-state index contributed by atoms with van der Waals surface area (Å²) in [7, 11) is 2.02. The van der Waals surface area contributed by atoms with Crippen molar-refractivity contribution >= 4 is 16.8 Å². The third kappa shape index (κ3) is 2.57. The van der Waals surface area contributed by atoms with E-state index >= 15 is 0 Å². The Balaban J connectivity index is 0.000000408. The normalized spacial score (nSPS) is 16.1. The first-order valence-electron chi connectivity index (χ1n) is 7.10. The lowest BCUT2D eigenvalue weighted by atomic mass is 9.87. The molecule has 1 heteroatoms. The van der Waals surface area contributed by atoms with E-state index in [0.29, 0.717) is 6.04 Å². The second-order valence-corrected chi connectivity index (χ2v) is 5.07. The Morgan fingerprint density at radius 3 is 2.53 bits per heavy atom. The van der Waals surface area contributed by atoms with Crippen LogP contribution in [0, 0.1) is 6.92 Å². The first-order chi connectivity index (χ1) is 9.22. The summed E-state index contributed by atoms with van der Waals surface area (Å²) in [5.41, 5.74) is 4.13. The van der Waals surface area contributed by atoms with Crippen LogP contribution in [0.4, 0.5) is 0 Å². The van der Waals surface area contributed by atoms with Gasteiger partial charge in [-0.15, -0.1) is 0 Å². The van der Waals surface area contributed by atoms with Crippen molar-refractivity contribution in [1.82, 2.24) is 5.32 Å². The summed E-state index contributed by atoms with van der Waals surface area (Å²) in [6.45, 7) is 6.44. The minimum absolute atomic E-state index is 0.346. The summed E-state index contributed by atoms with van der Waals surface area (Å²) in [5, 5.41) is 6.10. The SMILES string of the molecule is CCC.CNC1C=Cc2cccc3ccc(C)c1c23. The van der Waals surface area contributed by atoms with Crippen LogP contribution in [0.25, 0.3) is 16.8 Å². The van der Waals surface area contributed by atoms with Gasteiger partial charge in [0.15, 0.2) is 0 Å². The van der Waals surface area contributed by atoms with Crippen molar-refractivity contribution in [2.24, 2.45) is 0 Å². The Labute approximate surface area is 116 Å². The largest absolute Gasteiger partial charge is 0.310 e. The van der Waals surface area contributed by atoms with E-state index in [1.54, 1.807) is 0 Å². The van der Waals surface area contributed by atoms with Crippen molar-refractivity contribution in [3.63, 3.8) is 0 Å². The molecule has 0 aromatic heterocycles. The third-order valence-corrected chi connectivity index (χ3v) is 3.43. The van der Waals surface area contributed by atoms with Crippen LogP contribution in [0.5, 0.6) is 0 Å². The summed E-state index contributed by atoms with van der Waals surface area (Å²) in [4.78, 5) is 0. The van der Waals surface area contributed by atoms with Crippen LogP contribution in [-0.2, 0) is 0 Å². The van der Waals surface area contributed by atoms with Crippen LogP contribution in [0.1, 0.15) is 43.0 Å².